The molecule has 1 heterocycles. The lowest BCUT2D eigenvalue weighted by atomic mass is 9.99. The maximum atomic E-state index is 11.9. The first-order chi connectivity index (χ1) is 8.31. The fourth-order valence-corrected chi connectivity index (χ4v) is 2.25. The van der Waals surface area contributed by atoms with Crippen LogP contribution < -0.4 is 4.74 Å². The molecule has 0 amide bonds. The Labute approximate surface area is 107 Å². The molecule has 0 saturated heterocycles. The lowest BCUT2D eigenvalue weighted by Crippen LogP contribution is -2.09. The minimum Gasteiger partial charge on any atom is -0.493 e. The monoisotopic (exact) mass is 252 g/mol. The molecule has 0 N–H and O–H groups in total. The molecule has 17 heavy (non-hydrogen) atoms. The van der Waals surface area contributed by atoms with Gasteiger partial charge < -0.3 is 4.74 Å². The van der Waals surface area contributed by atoms with E-state index in [1.165, 1.54) is 5.56 Å². The van der Waals surface area contributed by atoms with Crippen LogP contribution in [0, 0.1) is 0 Å². The second-order valence-corrected chi connectivity index (χ2v) is 4.72. The molecule has 92 valence electrons. The van der Waals surface area contributed by atoms with Gasteiger partial charge in [0, 0.05) is 17.9 Å². The van der Waals surface area contributed by atoms with Crippen LogP contribution in [-0.4, -0.2) is 18.3 Å². The standard InChI is InChI=1S/C14H17ClO2/c15-8-2-1-5-13(16)11-6-7-14-12(10-11)4-3-9-17-14/h6-7,10H,1-5,8-9H2. The van der Waals surface area contributed by atoms with Crippen molar-refractivity contribution in [3.05, 3.63) is 29.3 Å². The average molecular weight is 253 g/mol. The molecule has 0 atom stereocenters. The van der Waals surface area contributed by atoms with Gasteiger partial charge in [-0.25, -0.2) is 0 Å². The zero-order valence-electron chi connectivity index (χ0n) is 9.88. The summed E-state index contributed by atoms with van der Waals surface area (Å²) in [6.07, 6.45) is 4.42. The SMILES string of the molecule is O=C(CCCCCl)c1ccc2c(c1)CCCO2. The van der Waals surface area contributed by atoms with Crippen molar-refractivity contribution in [1.29, 1.82) is 0 Å². The zero-order valence-corrected chi connectivity index (χ0v) is 10.6. The molecule has 0 spiro atoms. The van der Waals surface area contributed by atoms with E-state index in [1.54, 1.807) is 0 Å². The smallest absolute Gasteiger partial charge is 0.162 e. The highest BCUT2D eigenvalue weighted by atomic mass is 35.5. The first-order valence-corrected chi connectivity index (χ1v) is 6.69. The Balaban J connectivity index is 2.03. The number of ketones is 1. The van der Waals surface area contributed by atoms with Gasteiger partial charge in [-0.3, -0.25) is 4.79 Å². The number of ether oxygens (including phenoxy) is 1. The lowest BCUT2D eigenvalue weighted by Gasteiger charge is -2.17. The predicted molar refractivity (Wildman–Crippen MR) is 69.2 cm³/mol. The molecule has 1 aliphatic heterocycles. The molecule has 2 rings (SSSR count). The topological polar surface area (TPSA) is 26.3 Å². The fourth-order valence-electron chi connectivity index (χ4n) is 2.06. The van der Waals surface area contributed by atoms with Gasteiger partial charge in [-0.15, -0.1) is 11.6 Å². The van der Waals surface area contributed by atoms with Gasteiger partial charge >= 0.3 is 0 Å². The van der Waals surface area contributed by atoms with Crippen LogP contribution in [0.15, 0.2) is 18.2 Å². The van der Waals surface area contributed by atoms with E-state index in [-0.39, 0.29) is 5.78 Å². The van der Waals surface area contributed by atoms with Crippen LogP contribution in [0.5, 0.6) is 5.75 Å². The molecular weight excluding hydrogens is 236 g/mol. The van der Waals surface area contributed by atoms with E-state index in [2.05, 4.69) is 0 Å². The Hall–Kier alpha value is -1.02. The number of aryl methyl sites for hydroxylation is 1. The van der Waals surface area contributed by atoms with E-state index >= 15 is 0 Å². The van der Waals surface area contributed by atoms with Gasteiger partial charge in [-0.05, 0) is 49.4 Å². The molecule has 2 nitrogen and oxygen atoms in total. The molecule has 0 saturated carbocycles. The quantitative estimate of drug-likeness (QED) is 0.455. The summed E-state index contributed by atoms with van der Waals surface area (Å²) in [6, 6.07) is 5.77. The van der Waals surface area contributed by atoms with Crippen molar-refractivity contribution in [1.82, 2.24) is 0 Å². The second kappa shape index (κ2) is 6.06. The highest BCUT2D eigenvalue weighted by molar-refractivity contribution is 6.17. The maximum absolute atomic E-state index is 11.9. The number of Topliss-reactive ketones (excluding diaryl/α,β-unsaturated/α-hetero) is 1. The minimum absolute atomic E-state index is 0.212. The van der Waals surface area contributed by atoms with Gasteiger partial charge in [-0.2, -0.15) is 0 Å². The van der Waals surface area contributed by atoms with Crippen molar-refractivity contribution < 1.29 is 9.53 Å². The third-order valence-corrected chi connectivity index (χ3v) is 3.29. The minimum atomic E-state index is 0.212. The molecule has 1 aromatic carbocycles. The number of hydrogen-bond donors (Lipinski definition) is 0. The van der Waals surface area contributed by atoms with Crippen LogP contribution >= 0.6 is 11.6 Å². The number of fused-ring (bicyclic) bond motifs is 1. The third kappa shape index (κ3) is 3.22. The lowest BCUT2D eigenvalue weighted by molar-refractivity contribution is 0.0979. The highest BCUT2D eigenvalue weighted by Gasteiger charge is 2.13. The van der Waals surface area contributed by atoms with Crippen LogP contribution in [0.3, 0.4) is 0 Å². The Kier molecular flexibility index (Phi) is 4.43. The van der Waals surface area contributed by atoms with Crippen molar-refractivity contribution in [2.75, 3.05) is 12.5 Å². The van der Waals surface area contributed by atoms with Gasteiger partial charge in [0.05, 0.1) is 6.61 Å². The predicted octanol–water partition coefficient (Wildman–Crippen LogP) is 3.60. The third-order valence-electron chi connectivity index (χ3n) is 3.02. The zero-order chi connectivity index (χ0) is 12.1. The molecule has 0 bridgehead atoms. The number of carbonyl (C=O) groups excluding carboxylic acids is 1. The molecule has 0 aliphatic carbocycles. The van der Waals surface area contributed by atoms with Crippen molar-refractivity contribution in [2.45, 2.75) is 32.1 Å². The maximum Gasteiger partial charge on any atom is 0.162 e. The number of unbranched alkanes of at least 4 members (excludes halogenated alkanes) is 1. The molecule has 0 aromatic heterocycles. The van der Waals surface area contributed by atoms with Gasteiger partial charge in [0.2, 0.25) is 0 Å². The molecule has 0 radical (unpaired) electrons. The van der Waals surface area contributed by atoms with Crippen LogP contribution in [0.25, 0.3) is 0 Å². The van der Waals surface area contributed by atoms with Gasteiger partial charge in [-0.1, -0.05) is 0 Å². The summed E-state index contributed by atoms with van der Waals surface area (Å²) < 4.78 is 5.53. The van der Waals surface area contributed by atoms with E-state index in [4.69, 9.17) is 16.3 Å². The summed E-state index contributed by atoms with van der Waals surface area (Å²) in [5.74, 6) is 1.78. The summed E-state index contributed by atoms with van der Waals surface area (Å²) in [5.41, 5.74) is 1.98. The molecule has 0 unspecified atom stereocenters. The Bertz CT molecular complexity index is 401. The number of halogens is 1. The number of hydrogen-bond acceptors (Lipinski definition) is 2. The highest BCUT2D eigenvalue weighted by Crippen LogP contribution is 2.26. The van der Waals surface area contributed by atoms with Crippen LogP contribution in [-0.2, 0) is 6.42 Å². The average Bonchev–Trinajstić information content (AvgIpc) is 2.38. The summed E-state index contributed by atoms with van der Waals surface area (Å²) in [4.78, 5) is 11.9. The fraction of sp³-hybridized carbons (Fsp3) is 0.500. The molecule has 1 aromatic rings. The normalized spacial score (nSPS) is 13.9. The molecule has 1 aliphatic rings. The first-order valence-electron chi connectivity index (χ1n) is 6.16. The number of alkyl halides is 1. The number of rotatable bonds is 5. The first kappa shape index (κ1) is 12.4. The van der Waals surface area contributed by atoms with E-state index in [1.807, 2.05) is 18.2 Å². The van der Waals surface area contributed by atoms with Crippen LogP contribution in [0.1, 0.15) is 41.6 Å². The van der Waals surface area contributed by atoms with E-state index < -0.39 is 0 Å². The summed E-state index contributed by atoms with van der Waals surface area (Å²) in [5, 5.41) is 0. The van der Waals surface area contributed by atoms with Gasteiger partial charge in [0.15, 0.2) is 5.78 Å². The molecule has 0 fully saturated rings. The van der Waals surface area contributed by atoms with Crippen molar-refractivity contribution >= 4 is 17.4 Å². The summed E-state index contributed by atoms with van der Waals surface area (Å²) in [7, 11) is 0. The van der Waals surface area contributed by atoms with Crippen molar-refractivity contribution in [3.8, 4) is 5.75 Å². The molecule has 3 heteroatoms. The van der Waals surface area contributed by atoms with E-state index in [0.717, 1.165) is 43.6 Å². The Morgan fingerprint density at radius 1 is 1.35 bits per heavy atom. The van der Waals surface area contributed by atoms with E-state index in [9.17, 15) is 4.79 Å². The number of benzene rings is 1. The Morgan fingerprint density at radius 2 is 2.24 bits per heavy atom. The van der Waals surface area contributed by atoms with Crippen LogP contribution in [0.2, 0.25) is 0 Å². The largest absolute Gasteiger partial charge is 0.493 e. The van der Waals surface area contributed by atoms with Crippen molar-refractivity contribution in [3.63, 3.8) is 0 Å². The summed E-state index contributed by atoms with van der Waals surface area (Å²) >= 11 is 5.60. The number of carbonyl (C=O) groups is 1. The van der Waals surface area contributed by atoms with Crippen LogP contribution in [0.4, 0.5) is 0 Å². The Morgan fingerprint density at radius 3 is 3.06 bits per heavy atom. The van der Waals surface area contributed by atoms with Gasteiger partial charge in [0.1, 0.15) is 5.75 Å². The van der Waals surface area contributed by atoms with E-state index in [0.29, 0.717) is 12.3 Å². The summed E-state index contributed by atoms with van der Waals surface area (Å²) in [6.45, 7) is 0.788. The second-order valence-electron chi connectivity index (χ2n) is 4.34. The van der Waals surface area contributed by atoms with Crippen molar-refractivity contribution in [2.24, 2.45) is 0 Å². The van der Waals surface area contributed by atoms with Gasteiger partial charge in [0.25, 0.3) is 0 Å². The molecular formula is C14H17ClO2.